The van der Waals surface area contributed by atoms with Crippen molar-refractivity contribution in [1.82, 2.24) is 13.7 Å². The maximum atomic E-state index is 12.1. The van der Waals surface area contributed by atoms with E-state index in [0.717, 1.165) is 44.9 Å². The molecule has 3 heterocycles. The van der Waals surface area contributed by atoms with E-state index < -0.39 is 12.1 Å². The highest BCUT2D eigenvalue weighted by Crippen LogP contribution is 2.36. The Kier molecular flexibility index (Phi) is 7.49. The maximum absolute atomic E-state index is 12.1. The van der Waals surface area contributed by atoms with Crippen molar-refractivity contribution in [2.45, 2.75) is 43.5 Å². The molecular formula is C36H36N8O3. The van der Waals surface area contributed by atoms with E-state index in [1.54, 1.807) is 6.07 Å². The zero-order chi connectivity index (χ0) is 33.1. The predicted octanol–water partition coefficient (Wildman–Crippen LogP) is 4.94. The molecule has 11 nitrogen and oxygen atoms in total. The van der Waals surface area contributed by atoms with Crippen LogP contribution in [0.5, 0.6) is 0 Å². The van der Waals surface area contributed by atoms with Gasteiger partial charge in [0, 0.05) is 94.5 Å². The minimum Gasteiger partial charge on any atom is -0.387 e. The van der Waals surface area contributed by atoms with Crippen LogP contribution in [-0.2, 0) is 40.4 Å². The van der Waals surface area contributed by atoms with Gasteiger partial charge in [0.05, 0.1) is 12.1 Å². The van der Waals surface area contributed by atoms with Gasteiger partial charge >= 0.3 is 0 Å². The van der Waals surface area contributed by atoms with Crippen LogP contribution in [0.2, 0.25) is 0 Å². The fourth-order valence-corrected chi connectivity index (χ4v) is 7.53. The van der Waals surface area contributed by atoms with Gasteiger partial charge in [-0.25, -0.2) is 0 Å². The minimum atomic E-state index is -0.597. The normalized spacial score (nSPS) is 20.8. The average molecular weight is 629 g/mol. The summed E-state index contributed by atoms with van der Waals surface area (Å²) in [4.78, 5) is 26.8. The van der Waals surface area contributed by atoms with Gasteiger partial charge in [-0.05, 0) is 65.2 Å². The average Bonchev–Trinajstić information content (AvgIpc) is 3.69. The fraction of sp³-hybridized carbons (Fsp3) is 0.278. The Morgan fingerprint density at radius 2 is 1.21 bits per heavy atom. The highest BCUT2D eigenvalue weighted by molar-refractivity contribution is 6.14. The molecule has 5 N–H and O–H groups in total. The number of hydrogen-bond donors (Lipinski definition) is 3. The first-order valence-electron chi connectivity index (χ1n) is 15.6. The first kappa shape index (κ1) is 30.5. The quantitative estimate of drug-likeness (QED) is 0.133. The molecule has 238 valence electrons. The molecule has 47 heavy (non-hydrogen) atoms. The Morgan fingerprint density at radius 3 is 1.79 bits per heavy atom. The lowest BCUT2D eigenvalue weighted by molar-refractivity contribution is 0.0952. The van der Waals surface area contributed by atoms with Crippen molar-refractivity contribution in [2.24, 2.45) is 37.7 Å². The molecule has 4 unspecified atom stereocenters. The Hall–Kier alpha value is -5.19. The fourth-order valence-electron chi connectivity index (χ4n) is 7.53. The van der Waals surface area contributed by atoms with Crippen LogP contribution in [0.1, 0.15) is 49.1 Å². The van der Waals surface area contributed by atoms with Crippen LogP contribution >= 0.6 is 0 Å². The summed E-state index contributed by atoms with van der Waals surface area (Å²) in [6.45, 7) is 0. The predicted molar refractivity (Wildman–Crippen MR) is 182 cm³/mol. The summed E-state index contributed by atoms with van der Waals surface area (Å²) in [5, 5.41) is 16.9. The van der Waals surface area contributed by atoms with Crippen LogP contribution < -0.4 is 11.5 Å². The number of aliphatic hydroxyl groups is 1. The first-order chi connectivity index (χ1) is 22.6. The second kappa shape index (κ2) is 11.6. The second-order valence-corrected chi connectivity index (χ2v) is 12.7. The number of carbonyl (C=O) groups is 2. The largest absolute Gasteiger partial charge is 0.387 e. The third-order valence-electron chi connectivity index (χ3n) is 9.71. The van der Waals surface area contributed by atoms with Gasteiger partial charge in [0.1, 0.15) is 6.04 Å². The summed E-state index contributed by atoms with van der Waals surface area (Å²) >= 11 is 0. The van der Waals surface area contributed by atoms with Crippen molar-refractivity contribution in [3.05, 3.63) is 117 Å². The number of nitrogens with two attached hydrogens (primary N) is 2. The number of benzene rings is 3. The molecule has 3 aromatic heterocycles. The number of Topliss-reactive ketones (excluding diaryl/α,β-unsaturated/α-hetero) is 2. The zero-order valence-electron chi connectivity index (χ0n) is 26.5. The molecule has 9 rings (SSSR count). The molecule has 0 amide bonds. The van der Waals surface area contributed by atoms with Crippen molar-refractivity contribution in [1.29, 1.82) is 0 Å². The Bertz CT molecular complexity index is 2290. The summed E-state index contributed by atoms with van der Waals surface area (Å²) in [6, 6.07) is 16.3. The lowest BCUT2D eigenvalue weighted by Crippen LogP contribution is -2.35. The van der Waals surface area contributed by atoms with Crippen LogP contribution in [0, 0.1) is 0 Å². The standard InChI is InChI=1S/C12H10N4O.C12H14N2O.C12H12N2O/c1-16-6-7-5-9(14-15-13)12(17)8-3-2-4-10(16)11(7)8;2*1-14-6-7-5-9(13)12(15)8-3-2-4-10(14)11(7)8/h2-4,6,9H,5H2,1H3;2-4,6,9,12,15H,5,13H2,1H3;2-4,6,9H,5,13H2,1H3. The smallest absolute Gasteiger partial charge is 0.180 e. The third kappa shape index (κ3) is 4.92. The molecule has 0 aliphatic heterocycles. The van der Waals surface area contributed by atoms with Gasteiger partial charge in [0.15, 0.2) is 11.6 Å². The second-order valence-electron chi connectivity index (χ2n) is 12.7. The lowest BCUT2D eigenvalue weighted by atomic mass is 9.87. The number of aryl methyl sites for hydroxylation is 3. The zero-order valence-corrected chi connectivity index (χ0v) is 26.5. The number of carbonyl (C=O) groups excluding carboxylic acids is 2. The van der Waals surface area contributed by atoms with E-state index in [9.17, 15) is 14.7 Å². The van der Waals surface area contributed by atoms with Crippen molar-refractivity contribution in [3.63, 3.8) is 0 Å². The number of aromatic nitrogens is 3. The molecule has 0 radical (unpaired) electrons. The molecular weight excluding hydrogens is 592 g/mol. The van der Waals surface area contributed by atoms with Crippen molar-refractivity contribution >= 4 is 44.3 Å². The Morgan fingerprint density at radius 1 is 0.723 bits per heavy atom. The van der Waals surface area contributed by atoms with E-state index in [4.69, 9.17) is 17.0 Å². The molecule has 0 saturated heterocycles. The van der Waals surface area contributed by atoms with Crippen molar-refractivity contribution in [2.75, 3.05) is 0 Å². The number of rotatable bonds is 1. The molecule has 3 aliphatic carbocycles. The highest BCUT2D eigenvalue weighted by Gasteiger charge is 2.30. The van der Waals surface area contributed by atoms with Crippen LogP contribution in [-0.4, -0.2) is 48.5 Å². The van der Waals surface area contributed by atoms with Crippen LogP contribution in [0.3, 0.4) is 0 Å². The van der Waals surface area contributed by atoms with Gasteiger partial charge in [0.25, 0.3) is 0 Å². The van der Waals surface area contributed by atoms with E-state index in [2.05, 4.69) is 37.6 Å². The molecule has 11 heteroatoms. The van der Waals surface area contributed by atoms with Crippen molar-refractivity contribution in [3.8, 4) is 0 Å². The molecule has 0 spiro atoms. The lowest BCUT2D eigenvalue weighted by Gasteiger charge is -2.24. The van der Waals surface area contributed by atoms with E-state index in [1.807, 2.05) is 74.4 Å². The Balaban J connectivity index is 0.000000112. The first-order valence-corrected chi connectivity index (χ1v) is 15.6. The highest BCUT2D eigenvalue weighted by atomic mass is 16.3. The van der Waals surface area contributed by atoms with Gasteiger partial charge in [-0.1, -0.05) is 41.5 Å². The molecule has 0 fully saturated rings. The number of azide groups is 1. The van der Waals surface area contributed by atoms with Crippen LogP contribution in [0.4, 0.5) is 0 Å². The molecule has 0 saturated carbocycles. The molecule has 0 bridgehead atoms. The van der Waals surface area contributed by atoms with E-state index in [0.29, 0.717) is 18.4 Å². The third-order valence-corrected chi connectivity index (χ3v) is 9.71. The van der Waals surface area contributed by atoms with E-state index in [-0.39, 0.29) is 23.7 Å². The maximum Gasteiger partial charge on any atom is 0.180 e. The number of hydrogen-bond acceptors (Lipinski definition) is 6. The summed E-state index contributed by atoms with van der Waals surface area (Å²) in [7, 11) is 5.98. The Labute approximate surface area is 270 Å². The van der Waals surface area contributed by atoms with Gasteiger partial charge in [-0.2, -0.15) is 0 Å². The van der Waals surface area contributed by atoms with E-state index in [1.165, 1.54) is 22.0 Å². The summed E-state index contributed by atoms with van der Waals surface area (Å²) < 4.78 is 6.15. The number of aliphatic hydroxyl groups excluding tert-OH is 1. The summed E-state index contributed by atoms with van der Waals surface area (Å²) in [5.74, 6) is -0.00796. The van der Waals surface area contributed by atoms with Gasteiger partial charge < -0.3 is 30.3 Å². The van der Waals surface area contributed by atoms with Gasteiger partial charge in [-0.15, -0.1) is 0 Å². The number of nitrogens with zero attached hydrogens (tertiary/aromatic N) is 6. The minimum absolute atomic E-state index is 0.0688. The SMILES string of the molecule is Cn1cc2c3c(cccc31)C(=O)C(N)C2.Cn1cc2c3c(cccc31)C(=O)C(N=[N+]=[N-])C2.Cn1cc2c3c(cccc31)C(O)C(N)C2. The summed E-state index contributed by atoms with van der Waals surface area (Å²) in [5.41, 5.74) is 29.5. The molecule has 3 aliphatic rings. The molecule has 6 aromatic rings. The molecule has 3 aromatic carbocycles. The monoisotopic (exact) mass is 628 g/mol. The topological polar surface area (TPSA) is 170 Å². The van der Waals surface area contributed by atoms with Gasteiger partial charge in [0.2, 0.25) is 0 Å². The van der Waals surface area contributed by atoms with E-state index >= 15 is 0 Å². The molecule has 4 atom stereocenters. The summed E-state index contributed by atoms with van der Waals surface area (Å²) in [6.07, 6.45) is 7.57. The van der Waals surface area contributed by atoms with Gasteiger partial charge in [-0.3, -0.25) is 9.59 Å². The van der Waals surface area contributed by atoms with Crippen molar-refractivity contribution < 1.29 is 14.7 Å². The van der Waals surface area contributed by atoms with Crippen LogP contribution in [0.15, 0.2) is 78.3 Å². The van der Waals surface area contributed by atoms with Crippen LogP contribution in [0.25, 0.3) is 43.2 Å². The number of ketones is 2.